The summed E-state index contributed by atoms with van der Waals surface area (Å²) in [7, 11) is 0.722. The minimum atomic E-state index is -2.17. The Bertz CT molecular complexity index is 95.8. The van der Waals surface area contributed by atoms with Crippen molar-refractivity contribution >= 4 is 18.6 Å². The average Bonchev–Trinajstić information content (AvgIpc) is 2.05. The molecule has 0 spiro atoms. The lowest BCUT2D eigenvalue weighted by Crippen LogP contribution is -2.41. The van der Waals surface area contributed by atoms with Crippen molar-refractivity contribution in [2.24, 2.45) is 0 Å². The molecule has 0 bridgehead atoms. The smallest absolute Gasteiger partial charge is 0.421 e. The molecule has 0 radical (unpaired) electrons. The van der Waals surface area contributed by atoms with Gasteiger partial charge in [-0.15, -0.1) is 0 Å². The zero-order valence-corrected chi connectivity index (χ0v) is 10.3. The summed E-state index contributed by atoms with van der Waals surface area (Å²) < 4.78 is 15.9. The standard InChI is InChI=1S/C6H18O3Si2/c1-5-6-10-9-11(4,7-2)8-3/h5-6,10H2,1-4H3. The van der Waals surface area contributed by atoms with Gasteiger partial charge in [0, 0.05) is 20.8 Å². The Hall–Kier alpha value is 0.314. The largest absolute Gasteiger partial charge is 0.486 e. The van der Waals surface area contributed by atoms with E-state index in [-0.39, 0.29) is 0 Å². The van der Waals surface area contributed by atoms with Gasteiger partial charge >= 0.3 is 8.80 Å². The molecule has 0 saturated heterocycles. The van der Waals surface area contributed by atoms with Crippen molar-refractivity contribution in [1.82, 2.24) is 0 Å². The average molecular weight is 194 g/mol. The van der Waals surface area contributed by atoms with Crippen LogP contribution >= 0.6 is 0 Å². The molecule has 0 aromatic carbocycles. The van der Waals surface area contributed by atoms with Crippen molar-refractivity contribution in [2.75, 3.05) is 14.2 Å². The lowest BCUT2D eigenvalue weighted by atomic mass is 10.6. The third-order valence-corrected chi connectivity index (χ3v) is 7.00. The fourth-order valence-electron chi connectivity index (χ4n) is 0.603. The van der Waals surface area contributed by atoms with E-state index in [1.165, 1.54) is 12.5 Å². The van der Waals surface area contributed by atoms with Crippen LogP contribution in [0.15, 0.2) is 0 Å². The Balaban J connectivity index is 3.51. The van der Waals surface area contributed by atoms with E-state index in [0.29, 0.717) is 0 Å². The summed E-state index contributed by atoms with van der Waals surface area (Å²) in [6, 6.07) is 1.20. The molecule has 0 N–H and O–H groups in total. The lowest BCUT2D eigenvalue weighted by Gasteiger charge is -2.22. The summed E-state index contributed by atoms with van der Waals surface area (Å²) in [5.74, 6) is 0. The molecule has 0 rings (SSSR count). The van der Waals surface area contributed by atoms with Crippen molar-refractivity contribution in [3.05, 3.63) is 0 Å². The van der Waals surface area contributed by atoms with Crippen LogP contribution < -0.4 is 0 Å². The van der Waals surface area contributed by atoms with Crippen molar-refractivity contribution in [3.63, 3.8) is 0 Å². The molecule has 0 aromatic heterocycles. The van der Waals surface area contributed by atoms with Gasteiger partial charge in [0.1, 0.15) is 0 Å². The van der Waals surface area contributed by atoms with Gasteiger partial charge < -0.3 is 13.0 Å². The summed E-state index contributed by atoms with van der Waals surface area (Å²) in [4.78, 5) is 0. The molecule has 0 aliphatic heterocycles. The predicted octanol–water partition coefficient (Wildman–Crippen LogP) is 0.777. The van der Waals surface area contributed by atoms with Gasteiger partial charge in [0.05, 0.1) is 0 Å². The quantitative estimate of drug-likeness (QED) is 0.462. The van der Waals surface area contributed by atoms with Crippen LogP contribution in [0, 0.1) is 0 Å². The lowest BCUT2D eigenvalue weighted by molar-refractivity contribution is 0.172. The number of hydrogen-bond donors (Lipinski definition) is 0. The summed E-state index contributed by atoms with van der Waals surface area (Å²) in [5.41, 5.74) is 0. The highest BCUT2D eigenvalue weighted by Crippen LogP contribution is 2.05. The molecular weight excluding hydrogens is 176 g/mol. The highest BCUT2D eigenvalue weighted by molar-refractivity contribution is 6.64. The Morgan fingerprint density at radius 2 is 1.82 bits per heavy atom. The second-order valence-corrected chi connectivity index (χ2v) is 7.28. The van der Waals surface area contributed by atoms with E-state index >= 15 is 0 Å². The molecule has 0 aromatic rings. The van der Waals surface area contributed by atoms with Gasteiger partial charge in [-0.1, -0.05) is 13.3 Å². The van der Waals surface area contributed by atoms with Crippen LogP contribution in [0.4, 0.5) is 0 Å². The third-order valence-electron chi connectivity index (χ3n) is 1.60. The molecule has 11 heavy (non-hydrogen) atoms. The molecule has 0 amide bonds. The fraction of sp³-hybridized carbons (Fsp3) is 1.00. The Labute approximate surface area is 72.4 Å². The van der Waals surface area contributed by atoms with E-state index in [1.54, 1.807) is 14.2 Å². The molecular formula is C6H18O3Si2. The van der Waals surface area contributed by atoms with E-state index < -0.39 is 18.6 Å². The fourth-order valence-corrected chi connectivity index (χ4v) is 4.06. The highest BCUT2D eigenvalue weighted by atomic mass is 28.4. The van der Waals surface area contributed by atoms with E-state index in [0.717, 1.165) is 0 Å². The second-order valence-electron chi connectivity index (χ2n) is 2.47. The third kappa shape index (κ3) is 4.70. The van der Waals surface area contributed by atoms with Gasteiger partial charge in [-0.05, 0) is 6.04 Å². The van der Waals surface area contributed by atoms with Crippen molar-refractivity contribution in [3.8, 4) is 0 Å². The number of rotatable bonds is 6. The molecule has 3 nitrogen and oxygen atoms in total. The van der Waals surface area contributed by atoms with Gasteiger partial charge in [0.15, 0.2) is 9.76 Å². The molecule has 0 heterocycles. The first-order valence-electron chi connectivity index (χ1n) is 3.92. The van der Waals surface area contributed by atoms with Crippen LogP contribution in [-0.4, -0.2) is 32.8 Å². The van der Waals surface area contributed by atoms with Crippen LogP contribution in [0.3, 0.4) is 0 Å². The molecule has 0 atom stereocenters. The molecule has 0 fully saturated rings. The molecule has 0 unspecified atom stereocenters. The van der Waals surface area contributed by atoms with Gasteiger partial charge in [0.25, 0.3) is 0 Å². The molecule has 0 saturated carbocycles. The monoisotopic (exact) mass is 194 g/mol. The molecule has 0 aliphatic rings. The van der Waals surface area contributed by atoms with Crippen LogP contribution in [-0.2, 0) is 13.0 Å². The van der Waals surface area contributed by atoms with Crippen LogP contribution in [0.2, 0.25) is 12.6 Å². The zero-order chi connectivity index (χ0) is 8.74. The first-order chi connectivity index (χ1) is 5.18. The van der Waals surface area contributed by atoms with Gasteiger partial charge in [-0.3, -0.25) is 0 Å². The highest BCUT2D eigenvalue weighted by Gasteiger charge is 2.30. The predicted molar refractivity (Wildman–Crippen MR) is 50.4 cm³/mol. The summed E-state index contributed by atoms with van der Waals surface area (Å²) in [6.07, 6.45) is 1.20. The first-order valence-corrected chi connectivity index (χ1v) is 7.73. The molecule has 68 valence electrons. The van der Waals surface area contributed by atoms with Crippen molar-refractivity contribution in [1.29, 1.82) is 0 Å². The normalized spacial score (nSPS) is 13.1. The first kappa shape index (κ1) is 11.3. The van der Waals surface area contributed by atoms with Gasteiger partial charge in [-0.25, -0.2) is 0 Å². The minimum absolute atomic E-state index is 0.403. The Kier molecular flexibility index (Phi) is 6.07. The minimum Gasteiger partial charge on any atom is -0.421 e. The van der Waals surface area contributed by atoms with Gasteiger partial charge in [-0.2, -0.15) is 0 Å². The summed E-state index contributed by atoms with van der Waals surface area (Å²) >= 11 is 0. The van der Waals surface area contributed by atoms with Crippen molar-refractivity contribution < 1.29 is 13.0 Å². The molecule has 0 aliphatic carbocycles. The maximum Gasteiger partial charge on any atom is 0.486 e. The van der Waals surface area contributed by atoms with E-state index in [9.17, 15) is 0 Å². The summed E-state index contributed by atoms with van der Waals surface area (Å²) in [5, 5.41) is 0. The van der Waals surface area contributed by atoms with E-state index in [2.05, 4.69) is 6.92 Å². The maximum atomic E-state index is 5.60. The molecule has 5 heteroatoms. The van der Waals surface area contributed by atoms with E-state index in [1.807, 2.05) is 6.55 Å². The summed E-state index contributed by atoms with van der Waals surface area (Å²) in [6.45, 7) is 4.09. The van der Waals surface area contributed by atoms with Gasteiger partial charge in [0.2, 0.25) is 0 Å². The second kappa shape index (κ2) is 5.90. The Morgan fingerprint density at radius 1 is 1.27 bits per heavy atom. The van der Waals surface area contributed by atoms with Crippen LogP contribution in [0.5, 0.6) is 0 Å². The Morgan fingerprint density at radius 3 is 2.18 bits per heavy atom. The number of hydrogen-bond acceptors (Lipinski definition) is 3. The topological polar surface area (TPSA) is 27.7 Å². The van der Waals surface area contributed by atoms with E-state index in [4.69, 9.17) is 13.0 Å². The van der Waals surface area contributed by atoms with Crippen molar-refractivity contribution in [2.45, 2.75) is 25.9 Å². The maximum absolute atomic E-state index is 5.60. The van der Waals surface area contributed by atoms with Crippen LogP contribution in [0.25, 0.3) is 0 Å². The van der Waals surface area contributed by atoms with Crippen LogP contribution in [0.1, 0.15) is 13.3 Å². The zero-order valence-electron chi connectivity index (χ0n) is 7.85. The SMILES string of the molecule is CCC[SiH2]O[Si](C)(OC)OC.